The highest BCUT2D eigenvalue weighted by atomic mass is 32.2. The molecule has 0 spiro atoms. The second-order valence-electron chi connectivity index (χ2n) is 5.99. The van der Waals surface area contributed by atoms with Crippen LogP contribution in [0.4, 0.5) is 5.69 Å². The first kappa shape index (κ1) is 19.0. The highest BCUT2D eigenvalue weighted by Crippen LogP contribution is 2.19. The molecule has 0 saturated heterocycles. The largest absolute Gasteiger partial charge is 0.484 e. The molecule has 0 aliphatic rings. The quantitative estimate of drug-likeness (QED) is 0.817. The van der Waals surface area contributed by atoms with Crippen molar-refractivity contribution < 1.29 is 17.9 Å². The summed E-state index contributed by atoms with van der Waals surface area (Å²) in [6.45, 7) is 5.70. The number of carbonyl (C=O) groups excluding carboxylic acids is 1. The lowest BCUT2D eigenvalue weighted by atomic mass is 10.0. The number of sulfone groups is 1. The van der Waals surface area contributed by atoms with Crippen LogP contribution in [0.3, 0.4) is 0 Å². The van der Waals surface area contributed by atoms with Gasteiger partial charge >= 0.3 is 0 Å². The molecule has 0 atom stereocenters. The lowest BCUT2D eigenvalue weighted by Gasteiger charge is -2.10. The van der Waals surface area contributed by atoms with Crippen molar-refractivity contribution in [2.24, 2.45) is 0 Å². The molecule has 6 heteroatoms. The van der Waals surface area contributed by atoms with Crippen molar-refractivity contribution in [1.82, 2.24) is 0 Å². The van der Waals surface area contributed by atoms with Gasteiger partial charge in [0.05, 0.1) is 10.6 Å². The van der Waals surface area contributed by atoms with Crippen LogP contribution in [0, 0.1) is 0 Å². The molecule has 0 unspecified atom stereocenters. The fraction of sp³-hybridized carbons (Fsp3) is 0.316. The van der Waals surface area contributed by atoms with Gasteiger partial charge in [-0.3, -0.25) is 4.79 Å². The van der Waals surface area contributed by atoms with E-state index in [2.05, 4.69) is 19.2 Å². The molecule has 134 valence electrons. The van der Waals surface area contributed by atoms with Crippen LogP contribution in [0.25, 0.3) is 0 Å². The minimum Gasteiger partial charge on any atom is -0.484 e. The summed E-state index contributed by atoms with van der Waals surface area (Å²) in [5.74, 6) is 0.808. The molecular weight excluding hydrogens is 338 g/mol. The lowest BCUT2D eigenvalue weighted by molar-refractivity contribution is -0.118. The summed E-state index contributed by atoms with van der Waals surface area (Å²) in [6, 6.07) is 13.7. The van der Waals surface area contributed by atoms with Crippen LogP contribution in [-0.4, -0.2) is 26.7 Å². The van der Waals surface area contributed by atoms with Crippen LogP contribution in [0.15, 0.2) is 53.4 Å². The lowest BCUT2D eigenvalue weighted by Crippen LogP contribution is -2.20. The molecule has 2 aromatic rings. The van der Waals surface area contributed by atoms with E-state index < -0.39 is 9.84 Å². The maximum Gasteiger partial charge on any atom is 0.262 e. The molecule has 0 fully saturated rings. The Morgan fingerprint density at radius 1 is 1.04 bits per heavy atom. The molecular formula is C19H23NO4S. The maximum atomic E-state index is 11.9. The number of amides is 1. The van der Waals surface area contributed by atoms with Gasteiger partial charge in [-0.25, -0.2) is 8.42 Å². The molecule has 2 aromatic carbocycles. The monoisotopic (exact) mass is 361 g/mol. The first-order chi connectivity index (χ1) is 11.8. The molecule has 25 heavy (non-hydrogen) atoms. The van der Waals surface area contributed by atoms with Crippen LogP contribution in [-0.2, 0) is 14.6 Å². The minimum absolute atomic E-state index is 0.0438. The maximum absolute atomic E-state index is 11.9. The molecule has 0 bridgehead atoms. The summed E-state index contributed by atoms with van der Waals surface area (Å²) < 4.78 is 29.0. The molecule has 2 rings (SSSR count). The molecule has 0 radical (unpaired) electrons. The first-order valence-electron chi connectivity index (χ1n) is 8.17. The Hall–Kier alpha value is -2.34. The standard InChI is InChI=1S/C19H23NO4S/c1-4-25(22,23)18-11-7-16(8-12-18)20-19(21)13-24-17-9-5-15(6-10-17)14(2)3/h5-12,14H,4,13H2,1-3H3,(H,20,21). The summed E-state index contributed by atoms with van der Waals surface area (Å²) >= 11 is 0. The van der Waals surface area contributed by atoms with E-state index in [9.17, 15) is 13.2 Å². The number of ether oxygens (including phenoxy) is 1. The fourth-order valence-electron chi connectivity index (χ4n) is 2.21. The third-order valence-corrected chi connectivity index (χ3v) is 5.54. The Kier molecular flexibility index (Phi) is 6.20. The number of rotatable bonds is 7. The van der Waals surface area contributed by atoms with Crippen molar-refractivity contribution in [1.29, 1.82) is 0 Å². The van der Waals surface area contributed by atoms with Crippen molar-refractivity contribution in [2.75, 3.05) is 17.7 Å². The third-order valence-electron chi connectivity index (χ3n) is 3.79. The molecule has 1 amide bonds. The SMILES string of the molecule is CCS(=O)(=O)c1ccc(NC(=O)COc2ccc(C(C)C)cc2)cc1. The zero-order chi connectivity index (χ0) is 18.4. The normalized spacial score (nSPS) is 11.4. The van der Waals surface area contributed by atoms with Gasteiger partial charge in [0.15, 0.2) is 16.4 Å². The third kappa shape index (κ3) is 5.32. The van der Waals surface area contributed by atoms with E-state index in [0.717, 1.165) is 0 Å². The van der Waals surface area contributed by atoms with Gasteiger partial charge in [0.25, 0.3) is 5.91 Å². The van der Waals surface area contributed by atoms with Crippen LogP contribution >= 0.6 is 0 Å². The van der Waals surface area contributed by atoms with Crippen molar-refractivity contribution >= 4 is 21.4 Å². The number of nitrogens with one attached hydrogen (secondary N) is 1. The van der Waals surface area contributed by atoms with E-state index in [-0.39, 0.29) is 23.2 Å². The Morgan fingerprint density at radius 2 is 1.64 bits per heavy atom. The van der Waals surface area contributed by atoms with E-state index in [0.29, 0.717) is 17.4 Å². The Labute approximate surface area is 148 Å². The summed E-state index contributed by atoms with van der Waals surface area (Å²) in [5.41, 5.74) is 1.73. The van der Waals surface area contributed by atoms with E-state index in [1.807, 2.05) is 24.3 Å². The molecule has 0 aliphatic carbocycles. The molecule has 0 saturated carbocycles. The predicted molar refractivity (Wildman–Crippen MR) is 98.8 cm³/mol. The number of benzene rings is 2. The number of anilines is 1. The van der Waals surface area contributed by atoms with Gasteiger partial charge in [0, 0.05) is 5.69 Å². The van der Waals surface area contributed by atoms with Gasteiger partial charge in [-0.1, -0.05) is 32.9 Å². The van der Waals surface area contributed by atoms with E-state index in [1.54, 1.807) is 19.1 Å². The van der Waals surface area contributed by atoms with Gasteiger partial charge in [-0.05, 0) is 47.9 Å². The van der Waals surface area contributed by atoms with Gasteiger partial charge in [0.2, 0.25) is 0 Å². The minimum atomic E-state index is -3.24. The van der Waals surface area contributed by atoms with Crippen molar-refractivity contribution in [2.45, 2.75) is 31.6 Å². The van der Waals surface area contributed by atoms with Crippen LogP contribution in [0.1, 0.15) is 32.3 Å². The Balaban J connectivity index is 1.90. The van der Waals surface area contributed by atoms with Gasteiger partial charge < -0.3 is 10.1 Å². The molecule has 1 N–H and O–H groups in total. The van der Waals surface area contributed by atoms with Gasteiger partial charge in [-0.2, -0.15) is 0 Å². The highest BCUT2D eigenvalue weighted by molar-refractivity contribution is 7.91. The smallest absolute Gasteiger partial charge is 0.262 e. The molecule has 0 aromatic heterocycles. The first-order valence-corrected chi connectivity index (χ1v) is 9.82. The van der Waals surface area contributed by atoms with E-state index in [1.165, 1.54) is 17.7 Å². The van der Waals surface area contributed by atoms with Gasteiger partial charge in [0.1, 0.15) is 5.75 Å². The number of hydrogen-bond acceptors (Lipinski definition) is 4. The summed E-state index contributed by atoms with van der Waals surface area (Å²) in [5, 5.41) is 2.68. The van der Waals surface area contributed by atoms with Crippen molar-refractivity contribution in [3.63, 3.8) is 0 Å². The Bertz CT molecular complexity index is 810. The fourth-order valence-corrected chi connectivity index (χ4v) is 3.09. The zero-order valence-electron chi connectivity index (χ0n) is 14.7. The van der Waals surface area contributed by atoms with E-state index in [4.69, 9.17) is 4.74 Å². The Morgan fingerprint density at radius 3 is 2.16 bits per heavy atom. The van der Waals surface area contributed by atoms with Crippen molar-refractivity contribution in [3.05, 3.63) is 54.1 Å². The average molecular weight is 361 g/mol. The summed E-state index contributed by atoms with van der Waals surface area (Å²) in [7, 11) is -3.24. The average Bonchev–Trinajstić information content (AvgIpc) is 2.61. The van der Waals surface area contributed by atoms with Crippen LogP contribution < -0.4 is 10.1 Å². The van der Waals surface area contributed by atoms with E-state index >= 15 is 0 Å². The predicted octanol–water partition coefficient (Wildman–Crippen LogP) is 3.62. The molecule has 5 nitrogen and oxygen atoms in total. The van der Waals surface area contributed by atoms with Gasteiger partial charge in [-0.15, -0.1) is 0 Å². The second kappa shape index (κ2) is 8.16. The topological polar surface area (TPSA) is 72.5 Å². The number of hydrogen-bond donors (Lipinski definition) is 1. The van der Waals surface area contributed by atoms with Crippen molar-refractivity contribution in [3.8, 4) is 5.75 Å². The number of carbonyl (C=O) groups is 1. The zero-order valence-corrected chi connectivity index (χ0v) is 15.5. The molecule has 0 heterocycles. The molecule has 0 aliphatic heterocycles. The summed E-state index contributed by atoms with van der Waals surface area (Å²) in [6.07, 6.45) is 0. The summed E-state index contributed by atoms with van der Waals surface area (Å²) in [4.78, 5) is 12.2. The highest BCUT2D eigenvalue weighted by Gasteiger charge is 2.11. The second-order valence-corrected chi connectivity index (χ2v) is 8.27. The van der Waals surface area contributed by atoms with Crippen LogP contribution in [0.5, 0.6) is 5.75 Å². The van der Waals surface area contributed by atoms with Crippen LogP contribution in [0.2, 0.25) is 0 Å².